The maximum Gasteiger partial charge on any atom is 0.0769 e. The molecule has 1 fully saturated rings. The van der Waals surface area contributed by atoms with Crippen LogP contribution in [0.2, 0.25) is 0 Å². The van der Waals surface area contributed by atoms with Crippen LogP contribution in [0.5, 0.6) is 0 Å². The molecule has 2 rings (SSSR count). The first kappa shape index (κ1) is 8.36. The summed E-state index contributed by atoms with van der Waals surface area (Å²) in [5, 5.41) is 1.37. The third-order valence-corrected chi connectivity index (χ3v) is 3.81. The second-order valence-corrected chi connectivity index (χ2v) is 4.64. The normalized spacial score (nSPS) is 26.0. The van der Waals surface area contributed by atoms with E-state index in [0.29, 0.717) is 0 Å². The number of hydrogen-bond donors (Lipinski definition) is 0. The Labute approximate surface area is 78.3 Å². The van der Waals surface area contributed by atoms with Gasteiger partial charge in [-0.15, -0.1) is 11.8 Å². The van der Waals surface area contributed by atoms with Gasteiger partial charge in [0, 0.05) is 17.4 Å². The summed E-state index contributed by atoms with van der Waals surface area (Å²) in [6, 6.07) is 0. The molecule has 2 heteroatoms. The van der Waals surface area contributed by atoms with Gasteiger partial charge in [0.05, 0.1) is 5.04 Å². The summed E-state index contributed by atoms with van der Waals surface area (Å²) in [6.45, 7) is 3.89. The van der Waals surface area contributed by atoms with E-state index in [-0.39, 0.29) is 0 Å². The van der Waals surface area contributed by atoms with Crippen LogP contribution in [0.25, 0.3) is 0 Å². The van der Waals surface area contributed by atoms with E-state index in [0.717, 1.165) is 17.4 Å². The molecule has 1 nitrogen and oxygen atoms in total. The quantitative estimate of drug-likeness (QED) is 0.605. The molecule has 0 atom stereocenters. The van der Waals surface area contributed by atoms with Crippen LogP contribution in [-0.2, 0) is 0 Å². The van der Waals surface area contributed by atoms with Crippen LogP contribution >= 0.6 is 11.8 Å². The molecule has 0 saturated heterocycles. The number of rotatable bonds is 1. The van der Waals surface area contributed by atoms with Gasteiger partial charge >= 0.3 is 0 Å². The topological polar surface area (TPSA) is 12.4 Å². The highest BCUT2D eigenvalue weighted by Crippen LogP contribution is 2.33. The molecule has 2 aliphatic rings. The average Bonchev–Trinajstić information content (AvgIpc) is 2.54. The number of thioether (sulfide) groups is 1. The largest absolute Gasteiger partial charge is 0.250 e. The molecule has 0 bridgehead atoms. The van der Waals surface area contributed by atoms with Crippen molar-refractivity contribution in [3.8, 4) is 0 Å². The van der Waals surface area contributed by atoms with E-state index in [1.54, 1.807) is 0 Å². The summed E-state index contributed by atoms with van der Waals surface area (Å²) in [7, 11) is 0. The van der Waals surface area contributed by atoms with Crippen LogP contribution in [0, 0.1) is 5.92 Å². The van der Waals surface area contributed by atoms with Crippen molar-refractivity contribution in [3.63, 3.8) is 0 Å². The summed E-state index contributed by atoms with van der Waals surface area (Å²) >= 11 is 1.91. The second-order valence-electron chi connectivity index (χ2n) is 3.64. The van der Waals surface area contributed by atoms with Gasteiger partial charge in [-0.2, -0.15) is 0 Å². The Morgan fingerprint density at radius 3 is 2.58 bits per heavy atom. The Morgan fingerprint density at radius 2 is 2.00 bits per heavy atom. The Balaban J connectivity index is 1.99. The highest BCUT2D eigenvalue weighted by Gasteiger charge is 2.22. The lowest BCUT2D eigenvalue weighted by molar-refractivity contribution is 0.443. The zero-order chi connectivity index (χ0) is 8.39. The minimum Gasteiger partial charge on any atom is -0.250 e. The number of aliphatic imine (C=N–C) groups is 1. The number of hydrogen-bond acceptors (Lipinski definition) is 2. The molecule has 0 aromatic rings. The second kappa shape index (κ2) is 3.65. The van der Waals surface area contributed by atoms with Crippen molar-refractivity contribution < 1.29 is 0 Å². The van der Waals surface area contributed by atoms with Crippen LogP contribution in [-0.4, -0.2) is 10.8 Å². The molecular formula is C10H15NS. The monoisotopic (exact) mass is 181 g/mol. The molecule has 1 aliphatic carbocycles. The van der Waals surface area contributed by atoms with Crippen molar-refractivity contribution in [3.05, 3.63) is 12.3 Å². The summed E-state index contributed by atoms with van der Waals surface area (Å²) in [5.74, 6) is 1.81. The third kappa shape index (κ3) is 1.74. The van der Waals surface area contributed by atoms with Crippen molar-refractivity contribution in [1.82, 2.24) is 0 Å². The zero-order valence-electron chi connectivity index (χ0n) is 7.38. The molecule has 0 spiro atoms. The summed E-state index contributed by atoms with van der Waals surface area (Å²) in [5.41, 5.74) is 1.07. The van der Waals surface area contributed by atoms with Crippen LogP contribution in [0.3, 0.4) is 0 Å². The molecule has 0 radical (unpaired) electrons. The van der Waals surface area contributed by atoms with Gasteiger partial charge in [0.1, 0.15) is 0 Å². The van der Waals surface area contributed by atoms with E-state index < -0.39 is 0 Å². The molecule has 1 heterocycles. The van der Waals surface area contributed by atoms with E-state index in [1.165, 1.54) is 37.1 Å². The van der Waals surface area contributed by atoms with Gasteiger partial charge in [-0.05, 0) is 12.8 Å². The molecule has 1 saturated carbocycles. The maximum absolute atomic E-state index is 4.50. The first-order chi connectivity index (χ1) is 5.86. The van der Waals surface area contributed by atoms with Gasteiger partial charge in [-0.25, -0.2) is 0 Å². The van der Waals surface area contributed by atoms with Gasteiger partial charge < -0.3 is 0 Å². The lowest BCUT2D eigenvalue weighted by atomic mass is 9.90. The standard InChI is InChI=1S/C10H15NS/c1-8-7-12-10(11-8)9-5-3-2-4-6-9/h9H,1-7H2. The minimum atomic E-state index is 0.781. The van der Waals surface area contributed by atoms with E-state index in [1.807, 2.05) is 11.8 Å². The van der Waals surface area contributed by atoms with Gasteiger partial charge in [0.25, 0.3) is 0 Å². The molecule has 12 heavy (non-hydrogen) atoms. The molecule has 1 aliphatic heterocycles. The van der Waals surface area contributed by atoms with E-state index in [2.05, 4.69) is 11.6 Å². The van der Waals surface area contributed by atoms with Crippen LogP contribution in [0.1, 0.15) is 32.1 Å². The summed E-state index contributed by atoms with van der Waals surface area (Å²) < 4.78 is 0. The fraction of sp³-hybridized carbons (Fsp3) is 0.700. The average molecular weight is 181 g/mol. The van der Waals surface area contributed by atoms with Gasteiger partial charge in [-0.1, -0.05) is 25.8 Å². The highest BCUT2D eigenvalue weighted by atomic mass is 32.2. The van der Waals surface area contributed by atoms with Crippen molar-refractivity contribution in [2.45, 2.75) is 32.1 Å². The zero-order valence-corrected chi connectivity index (χ0v) is 8.20. The predicted octanol–water partition coefficient (Wildman–Crippen LogP) is 3.23. The third-order valence-electron chi connectivity index (χ3n) is 2.61. The Morgan fingerprint density at radius 1 is 1.25 bits per heavy atom. The Kier molecular flexibility index (Phi) is 2.54. The summed E-state index contributed by atoms with van der Waals surface area (Å²) in [4.78, 5) is 4.50. The first-order valence-electron chi connectivity index (χ1n) is 4.75. The van der Waals surface area contributed by atoms with Crippen molar-refractivity contribution in [2.75, 3.05) is 5.75 Å². The van der Waals surface area contributed by atoms with E-state index in [4.69, 9.17) is 0 Å². The lowest BCUT2D eigenvalue weighted by Gasteiger charge is -2.20. The van der Waals surface area contributed by atoms with Crippen LogP contribution < -0.4 is 0 Å². The Hall–Kier alpha value is -0.240. The van der Waals surface area contributed by atoms with Crippen LogP contribution in [0.15, 0.2) is 17.3 Å². The first-order valence-corrected chi connectivity index (χ1v) is 5.74. The molecular weight excluding hydrogens is 166 g/mol. The fourth-order valence-electron chi connectivity index (χ4n) is 1.94. The van der Waals surface area contributed by atoms with Crippen molar-refractivity contribution in [2.24, 2.45) is 10.9 Å². The van der Waals surface area contributed by atoms with Crippen LogP contribution in [0.4, 0.5) is 0 Å². The minimum absolute atomic E-state index is 0.781. The van der Waals surface area contributed by atoms with E-state index >= 15 is 0 Å². The van der Waals surface area contributed by atoms with E-state index in [9.17, 15) is 0 Å². The fourth-order valence-corrected chi connectivity index (χ4v) is 2.98. The Bertz CT molecular complexity index is 214. The van der Waals surface area contributed by atoms with Crippen molar-refractivity contribution in [1.29, 1.82) is 0 Å². The molecule has 0 aromatic carbocycles. The highest BCUT2D eigenvalue weighted by molar-refractivity contribution is 8.14. The van der Waals surface area contributed by atoms with Gasteiger partial charge in [-0.3, -0.25) is 4.99 Å². The van der Waals surface area contributed by atoms with Gasteiger partial charge in [0.2, 0.25) is 0 Å². The summed E-state index contributed by atoms with van der Waals surface area (Å²) in [6.07, 6.45) is 6.95. The lowest BCUT2D eigenvalue weighted by Crippen LogP contribution is -2.13. The SMILES string of the molecule is C=C1CSC(C2CCCCC2)=N1. The molecule has 0 unspecified atom stereocenters. The van der Waals surface area contributed by atoms with Gasteiger partial charge in [0.15, 0.2) is 0 Å². The maximum atomic E-state index is 4.50. The smallest absolute Gasteiger partial charge is 0.0769 e. The predicted molar refractivity (Wildman–Crippen MR) is 55.6 cm³/mol. The molecule has 0 N–H and O–H groups in total. The number of nitrogens with zero attached hydrogens (tertiary/aromatic N) is 1. The molecule has 0 amide bonds. The molecule has 0 aromatic heterocycles. The molecule has 66 valence electrons. The van der Waals surface area contributed by atoms with Crippen molar-refractivity contribution >= 4 is 16.8 Å².